The molecule has 0 aromatic heterocycles. The minimum atomic E-state index is -0.108. The molecule has 1 aliphatic heterocycles. The predicted octanol–water partition coefficient (Wildman–Crippen LogP) is 2.65. The zero-order chi connectivity index (χ0) is 23.8. The fourth-order valence-corrected chi connectivity index (χ4v) is 3.72. The topological polar surface area (TPSA) is 77.5 Å². The lowest BCUT2D eigenvalue weighted by Crippen LogP contribution is -2.50. The Labute approximate surface area is 194 Å². The molecule has 1 aliphatic rings. The molecule has 2 aromatic carbocycles. The van der Waals surface area contributed by atoms with E-state index in [1.807, 2.05) is 24.3 Å². The van der Waals surface area contributed by atoms with Gasteiger partial charge in [-0.25, -0.2) is 0 Å². The lowest BCUT2D eigenvalue weighted by atomic mass is 10.1. The summed E-state index contributed by atoms with van der Waals surface area (Å²) in [6.07, 6.45) is 3.55. The number of methoxy groups -OCH3 is 4. The first kappa shape index (κ1) is 24.0. The van der Waals surface area contributed by atoms with Gasteiger partial charge in [0.15, 0.2) is 11.5 Å². The third-order valence-corrected chi connectivity index (χ3v) is 5.54. The average Bonchev–Trinajstić information content (AvgIpc) is 2.86. The van der Waals surface area contributed by atoms with Crippen LogP contribution in [0.5, 0.6) is 23.0 Å². The quantitative estimate of drug-likeness (QED) is 0.571. The number of ether oxygens (including phenoxy) is 4. The Morgan fingerprint density at radius 1 is 0.848 bits per heavy atom. The van der Waals surface area contributed by atoms with E-state index in [4.69, 9.17) is 18.9 Å². The Balaban J connectivity index is 1.57. The van der Waals surface area contributed by atoms with Crippen LogP contribution in [0.3, 0.4) is 0 Å². The summed E-state index contributed by atoms with van der Waals surface area (Å²) >= 11 is 0. The van der Waals surface area contributed by atoms with Gasteiger partial charge in [0.1, 0.15) is 5.75 Å². The van der Waals surface area contributed by atoms with Crippen molar-refractivity contribution in [1.82, 2.24) is 9.80 Å². The van der Waals surface area contributed by atoms with E-state index in [2.05, 4.69) is 0 Å². The molecule has 1 fully saturated rings. The maximum Gasteiger partial charge on any atom is 0.246 e. The number of carbonyl (C=O) groups is 2. The molecule has 33 heavy (non-hydrogen) atoms. The van der Waals surface area contributed by atoms with Gasteiger partial charge in [0, 0.05) is 32.3 Å². The van der Waals surface area contributed by atoms with Crippen molar-refractivity contribution in [3.63, 3.8) is 0 Å². The zero-order valence-corrected chi connectivity index (χ0v) is 19.5. The fraction of sp³-hybridized carbons (Fsp3) is 0.360. The van der Waals surface area contributed by atoms with E-state index in [-0.39, 0.29) is 11.8 Å². The molecule has 0 saturated carbocycles. The molecule has 0 spiro atoms. The lowest BCUT2D eigenvalue weighted by Gasteiger charge is -2.34. The van der Waals surface area contributed by atoms with E-state index in [1.54, 1.807) is 56.4 Å². The summed E-state index contributed by atoms with van der Waals surface area (Å²) in [4.78, 5) is 28.9. The minimum absolute atomic E-state index is 0.0447. The van der Waals surface area contributed by atoms with Crippen LogP contribution in [0, 0.1) is 0 Å². The minimum Gasteiger partial charge on any atom is -0.497 e. The molecule has 8 nitrogen and oxygen atoms in total. The van der Waals surface area contributed by atoms with Crippen molar-refractivity contribution >= 4 is 17.9 Å². The molecular formula is C25H30N2O6. The van der Waals surface area contributed by atoms with Gasteiger partial charge in [-0.05, 0) is 41.5 Å². The average molecular weight is 455 g/mol. The normalized spacial score (nSPS) is 13.7. The van der Waals surface area contributed by atoms with Gasteiger partial charge in [-0.15, -0.1) is 0 Å². The van der Waals surface area contributed by atoms with Crippen molar-refractivity contribution in [3.8, 4) is 23.0 Å². The molecule has 2 amide bonds. The molecule has 176 valence electrons. The summed E-state index contributed by atoms with van der Waals surface area (Å²) in [5.41, 5.74) is 1.66. The van der Waals surface area contributed by atoms with E-state index in [0.717, 1.165) is 16.9 Å². The van der Waals surface area contributed by atoms with Crippen molar-refractivity contribution in [2.24, 2.45) is 0 Å². The molecular weight excluding hydrogens is 424 g/mol. The fourth-order valence-electron chi connectivity index (χ4n) is 3.72. The Hall–Kier alpha value is -3.68. The molecule has 0 N–H and O–H groups in total. The van der Waals surface area contributed by atoms with Crippen LogP contribution in [0.25, 0.3) is 6.08 Å². The van der Waals surface area contributed by atoms with Crippen molar-refractivity contribution in [2.75, 3.05) is 54.6 Å². The zero-order valence-electron chi connectivity index (χ0n) is 19.5. The van der Waals surface area contributed by atoms with Gasteiger partial charge < -0.3 is 28.7 Å². The molecule has 0 radical (unpaired) electrons. The second-order valence-electron chi connectivity index (χ2n) is 7.53. The third kappa shape index (κ3) is 5.97. The Morgan fingerprint density at radius 2 is 1.48 bits per heavy atom. The summed E-state index contributed by atoms with van der Waals surface area (Å²) in [5, 5.41) is 0. The van der Waals surface area contributed by atoms with Gasteiger partial charge in [-0.2, -0.15) is 0 Å². The Kier molecular flexibility index (Phi) is 8.18. The summed E-state index contributed by atoms with van der Waals surface area (Å²) in [7, 11) is 6.24. The second kappa shape index (κ2) is 11.3. The number of nitrogens with zero attached hydrogens (tertiary/aromatic N) is 2. The summed E-state index contributed by atoms with van der Waals surface area (Å²) in [5.74, 6) is 2.21. The molecule has 2 aromatic rings. The molecule has 8 heteroatoms. The smallest absolute Gasteiger partial charge is 0.246 e. The van der Waals surface area contributed by atoms with E-state index in [1.165, 1.54) is 6.08 Å². The number of hydrogen-bond donors (Lipinski definition) is 0. The highest BCUT2D eigenvalue weighted by atomic mass is 16.5. The standard InChI is InChI=1S/C25H30N2O6/c1-30-20-7-5-6-18(14-20)17-24(29)27-12-10-26(11-13-27)23(28)9-8-19-15-21(31-2)25(33-4)22(16-19)32-3/h5-9,14-16H,10-13,17H2,1-4H3/b9-8+. The van der Waals surface area contributed by atoms with Gasteiger partial charge in [0.05, 0.1) is 34.9 Å². The van der Waals surface area contributed by atoms with Crippen LogP contribution in [0.4, 0.5) is 0 Å². The van der Waals surface area contributed by atoms with Gasteiger partial charge >= 0.3 is 0 Å². The van der Waals surface area contributed by atoms with Crippen LogP contribution in [-0.4, -0.2) is 76.2 Å². The Morgan fingerprint density at radius 3 is 2.06 bits per heavy atom. The first-order valence-electron chi connectivity index (χ1n) is 10.7. The van der Waals surface area contributed by atoms with E-state index in [0.29, 0.717) is 49.8 Å². The van der Waals surface area contributed by atoms with Gasteiger partial charge in [0.25, 0.3) is 0 Å². The van der Waals surface area contributed by atoms with Crippen molar-refractivity contribution in [2.45, 2.75) is 6.42 Å². The van der Waals surface area contributed by atoms with Crippen LogP contribution >= 0.6 is 0 Å². The van der Waals surface area contributed by atoms with E-state index < -0.39 is 0 Å². The largest absolute Gasteiger partial charge is 0.497 e. The predicted molar refractivity (Wildman–Crippen MR) is 125 cm³/mol. The number of carbonyl (C=O) groups excluding carboxylic acids is 2. The number of piperazine rings is 1. The molecule has 3 rings (SSSR count). The third-order valence-electron chi connectivity index (χ3n) is 5.54. The lowest BCUT2D eigenvalue weighted by molar-refractivity contribution is -0.136. The summed E-state index contributed by atoms with van der Waals surface area (Å²) in [6.45, 7) is 1.99. The molecule has 0 aliphatic carbocycles. The highest BCUT2D eigenvalue weighted by Gasteiger charge is 2.23. The van der Waals surface area contributed by atoms with Gasteiger partial charge in [-0.3, -0.25) is 9.59 Å². The van der Waals surface area contributed by atoms with Crippen molar-refractivity contribution in [3.05, 3.63) is 53.6 Å². The molecule has 1 heterocycles. The number of benzene rings is 2. The highest BCUT2D eigenvalue weighted by Crippen LogP contribution is 2.38. The number of hydrogen-bond acceptors (Lipinski definition) is 6. The monoisotopic (exact) mass is 454 g/mol. The van der Waals surface area contributed by atoms with Crippen molar-refractivity contribution < 1.29 is 28.5 Å². The second-order valence-corrected chi connectivity index (χ2v) is 7.53. The van der Waals surface area contributed by atoms with Crippen LogP contribution in [-0.2, 0) is 16.0 Å². The summed E-state index contributed by atoms with van der Waals surface area (Å²) in [6, 6.07) is 11.1. The SMILES string of the molecule is COc1cccc(CC(=O)N2CCN(C(=O)/C=C/c3cc(OC)c(OC)c(OC)c3)CC2)c1. The molecule has 1 saturated heterocycles. The number of amides is 2. The first-order chi connectivity index (χ1) is 16.0. The maximum absolute atomic E-state index is 12.7. The molecule has 0 atom stereocenters. The van der Waals surface area contributed by atoms with Crippen LogP contribution in [0.1, 0.15) is 11.1 Å². The van der Waals surface area contributed by atoms with Crippen LogP contribution in [0.2, 0.25) is 0 Å². The molecule has 0 bridgehead atoms. The first-order valence-corrected chi connectivity index (χ1v) is 10.7. The van der Waals surface area contributed by atoms with E-state index >= 15 is 0 Å². The van der Waals surface area contributed by atoms with Crippen LogP contribution < -0.4 is 18.9 Å². The highest BCUT2D eigenvalue weighted by molar-refractivity contribution is 5.92. The Bertz CT molecular complexity index is 987. The van der Waals surface area contributed by atoms with Crippen molar-refractivity contribution in [1.29, 1.82) is 0 Å². The van der Waals surface area contributed by atoms with Gasteiger partial charge in [0.2, 0.25) is 17.6 Å². The van der Waals surface area contributed by atoms with E-state index in [9.17, 15) is 9.59 Å². The summed E-state index contributed by atoms with van der Waals surface area (Å²) < 4.78 is 21.3. The molecule has 0 unspecified atom stereocenters. The van der Waals surface area contributed by atoms with Crippen LogP contribution in [0.15, 0.2) is 42.5 Å². The van der Waals surface area contributed by atoms with Gasteiger partial charge in [-0.1, -0.05) is 12.1 Å². The number of rotatable bonds is 8. The maximum atomic E-state index is 12.7.